The SMILES string of the molecule is COc1ccc(CN(C)CC(=O)N[C@@H]2CCCC[C@H]2C)c(OC)c1. The molecule has 1 aromatic carbocycles. The third kappa shape index (κ3) is 5.13. The van der Waals surface area contributed by atoms with E-state index in [4.69, 9.17) is 9.47 Å². The molecule has 1 aromatic rings. The fourth-order valence-electron chi connectivity index (χ4n) is 3.36. The molecule has 0 aromatic heterocycles. The number of carbonyl (C=O) groups excluding carboxylic acids is 1. The highest BCUT2D eigenvalue weighted by atomic mass is 16.5. The van der Waals surface area contributed by atoms with Gasteiger partial charge in [0.05, 0.1) is 20.8 Å². The fourth-order valence-corrected chi connectivity index (χ4v) is 3.36. The van der Waals surface area contributed by atoms with Crippen molar-refractivity contribution in [3.05, 3.63) is 23.8 Å². The molecule has 0 heterocycles. The van der Waals surface area contributed by atoms with Crippen LogP contribution in [0.3, 0.4) is 0 Å². The molecule has 1 aliphatic rings. The minimum absolute atomic E-state index is 0.101. The lowest BCUT2D eigenvalue weighted by molar-refractivity contribution is -0.123. The predicted molar refractivity (Wildman–Crippen MR) is 95.4 cm³/mol. The first-order valence-electron chi connectivity index (χ1n) is 8.72. The molecule has 5 heteroatoms. The van der Waals surface area contributed by atoms with Crippen LogP contribution in [0.4, 0.5) is 0 Å². The molecule has 1 fully saturated rings. The Kier molecular flexibility index (Phi) is 6.91. The van der Waals surface area contributed by atoms with E-state index < -0.39 is 0 Å². The van der Waals surface area contributed by atoms with Gasteiger partial charge in [-0.3, -0.25) is 9.69 Å². The zero-order chi connectivity index (χ0) is 17.5. The summed E-state index contributed by atoms with van der Waals surface area (Å²) in [6.07, 6.45) is 4.81. The van der Waals surface area contributed by atoms with E-state index in [0.29, 0.717) is 25.0 Å². The fraction of sp³-hybridized carbons (Fsp3) is 0.632. The highest BCUT2D eigenvalue weighted by Gasteiger charge is 2.23. The van der Waals surface area contributed by atoms with E-state index in [1.807, 2.05) is 30.1 Å². The molecule has 1 aliphatic carbocycles. The van der Waals surface area contributed by atoms with Crippen LogP contribution < -0.4 is 14.8 Å². The minimum Gasteiger partial charge on any atom is -0.497 e. The average molecular weight is 334 g/mol. The minimum atomic E-state index is 0.101. The Bertz CT molecular complexity index is 547. The molecule has 24 heavy (non-hydrogen) atoms. The number of methoxy groups -OCH3 is 2. The maximum Gasteiger partial charge on any atom is 0.234 e. The van der Waals surface area contributed by atoms with Crippen LogP contribution in [-0.4, -0.2) is 44.7 Å². The summed E-state index contributed by atoms with van der Waals surface area (Å²) in [7, 11) is 5.24. The van der Waals surface area contributed by atoms with Gasteiger partial charge in [0, 0.05) is 24.2 Å². The van der Waals surface area contributed by atoms with Crippen molar-refractivity contribution in [1.82, 2.24) is 10.2 Å². The number of ether oxygens (including phenoxy) is 2. The highest BCUT2D eigenvalue weighted by Crippen LogP contribution is 2.26. The molecular weight excluding hydrogens is 304 g/mol. The Morgan fingerprint density at radius 3 is 2.67 bits per heavy atom. The van der Waals surface area contributed by atoms with E-state index in [1.54, 1.807) is 14.2 Å². The van der Waals surface area contributed by atoms with E-state index in [-0.39, 0.29) is 5.91 Å². The molecular formula is C19H30N2O3. The number of hydrogen-bond donors (Lipinski definition) is 1. The lowest BCUT2D eigenvalue weighted by Gasteiger charge is -2.30. The van der Waals surface area contributed by atoms with Gasteiger partial charge in [0.15, 0.2) is 0 Å². The van der Waals surface area contributed by atoms with Crippen LogP contribution in [-0.2, 0) is 11.3 Å². The molecule has 0 aliphatic heterocycles. The Hall–Kier alpha value is -1.75. The van der Waals surface area contributed by atoms with Gasteiger partial charge in [-0.1, -0.05) is 25.8 Å². The Balaban J connectivity index is 1.88. The quantitative estimate of drug-likeness (QED) is 0.833. The van der Waals surface area contributed by atoms with Crippen LogP contribution in [0.15, 0.2) is 18.2 Å². The molecule has 1 amide bonds. The Morgan fingerprint density at radius 1 is 1.25 bits per heavy atom. The van der Waals surface area contributed by atoms with Gasteiger partial charge in [-0.2, -0.15) is 0 Å². The number of benzene rings is 1. The number of likely N-dealkylation sites (N-methyl/N-ethyl adjacent to an activating group) is 1. The second-order valence-corrected chi connectivity index (χ2v) is 6.79. The van der Waals surface area contributed by atoms with E-state index in [2.05, 4.69) is 12.2 Å². The molecule has 1 N–H and O–H groups in total. The summed E-state index contributed by atoms with van der Waals surface area (Å²) in [6.45, 7) is 3.27. The second kappa shape index (κ2) is 8.92. The third-order valence-corrected chi connectivity index (χ3v) is 4.81. The highest BCUT2D eigenvalue weighted by molar-refractivity contribution is 5.78. The van der Waals surface area contributed by atoms with Gasteiger partial charge >= 0.3 is 0 Å². The Labute approximate surface area is 145 Å². The van der Waals surface area contributed by atoms with E-state index in [9.17, 15) is 4.79 Å². The van der Waals surface area contributed by atoms with Crippen molar-refractivity contribution in [2.24, 2.45) is 5.92 Å². The maximum absolute atomic E-state index is 12.3. The summed E-state index contributed by atoms with van der Waals surface area (Å²) in [5.74, 6) is 2.23. The lowest BCUT2D eigenvalue weighted by atomic mass is 9.86. The van der Waals surface area contributed by atoms with Crippen LogP contribution in [0, 0.1) is 5.92 Å². The summed E-state index contributed by atoms with van der Waals surface area (Å²) in [6, 6.07) is 6.09. The van der Waals surface area contributed by atoms with Crippen molar-refractivity contribution in [2.75, 3.05) is 27.8 Å². The third-order valence-electron chi connectivity index (χ3n) is 4.81. The van der Waals surface area contributed by atoms with E-state index >= 15 is 0 Å². The molecule has 0 spiro atoms. The van der Waals surface area contributed by atoms with Gasteiger partial charge in [0.25, 0.3) is 0 Å². The average Bonchev–Trinajstić information content (AvgIpc) is 2.57. The number of hydrogen-bond acceptors (Lipinski definition) is 4. The lowest BCUT2D eigenvalue weighted by Crippen LogP contribution is -2.44. The summed E-state index contributed by atoms with van der Waals surface area (Å²) in [5.41, 5.74) is 1.04. The van der Waals surface area contributed by atoms with Crippen LogP contribution in [0.5, 0.6) is 11.5 Å². The van der Waals surface area contributed by atoms with E-state index in [1.165, 1.54) is 19.3 Å². The van der Waals surface area contributed by atoms with Crippen LogP contribution in [0.25, 0.3) is 0 Å². The molecule has 2 atom stereocenters. The van der Waals surface area contributed by atoms with E-state index in [0.717, 1.165) is 23.5 Å². The summed E-state index contributed by atoms with van der Waals surface area (Å²) in [5, 5.41) is 3.20. The number of nitrogens with one attached hydrogen (secondary N) is 1. The predicted octanol–water partition coefficient (Wildman–Crippen LogP) is 2.83. The van der Waals surface area contributed by atoms with Crippen LogP contribution in [0.2, 0.25) is 0 Å². The summed E-state index contributed by atoms with van der Waals surface area (Å²) in [4.78, 5) is 14.3. The van der Waals surface area contributed by atoms with Crippen molar-refractivity contribution in [3.63, 3.8) is 0 Å². The van der Waals surface area contributed by atoms with Gasteiger partial charge in [0.2, 0.25) is 5.91 Å². The molecule has 1 saturated carbocycles. The topological polar surface area (TPSA) is 50.8 Å². The van der Waals surface area contributed by atoms with Gasteiger partial charge in [-0.05, 0) is 31.9 Å². The molecule has 5 nitrogen and oxygen atoms in total. The van der Waals surface area contributed by atoms with Gasteiger partial charge < -0.3 is 14.8 Å². The van der Waals surface area contributed by atoms with Crippen LogP contribution >= 0.6 is 0 Å². The molecule has 0 radical (unpaired) electrons. The molecule has 0 unspecified atom stereocenters. The smallest absolute Gasteiger partial charge is 0.234 e. The first-order valence-corrected chi connectivity index (χ1v) is 8.72. The standard InChI is InChI=1S/C19H30N2O3/c1-14-7-5-6-8-17(14)20-19(22)13-21(2)12-15-9-10-16(23-3)11-18(15)24-4/h9-11,14,17H,5-8,12-13H2,1-4H3,(H,20,22)/t14-,17-/m1/s1. The first-order chi connectivity index (χ1) is 11.5. The number of nitrogens with zero attached hydrogens (tertiary/aromatic N) is 1. The Morgan fingerprint density at radius 2 is 2.00 bits per heavy atom. The van der Waals surface area contributed by atoms with Crippen LogP contribution in [0.1, 0.15) is 38.2 Å². The normalized spacial score (nSPS) is 20.7. The maximum atomic E-state index is 12.3. The zero-order valence-electron chi connectivity index (χ0n) is 15.3. The summed E-state index contributed by atoms with van der Waals surface area (Å²) < 4.78 is 10.6. The van der Waals surface area contributed by atoms with Crippen molar-refractivity contribution in [2.45, 2.75) is 45.2 Å². The molecule has 2 rings (SSSR count). The van der Waals surface area contributed by atoms with Crippen molar-refractivity contribution in [1.29, 1.82) is 0 Å². The largest absolute Gasteiger partial charge is 0.497 e. The van der Waals surface area contributed by atoms with Crippen molar-refractivity contribution < 1.29 is 14.3 Å². The number of amides is 1. The van der Waals surface area contributed by atoms with Crippen molar-refractivity contribution >= 4 is 5.91 Å². The van der Waals surface area contributed by atoms with Gasteiger partial charge in [-0.15, -0.1) is 0 Å². The summed E-state index contributed by atoms with van der Waals surface area (Å²) >= 11 is 0. The zero-order valence-corrected chi connectivity index (χ0v) is 15.3. The van der Waals surface area contributed by atoms with Crippen molar-refractivity contribution in [3.8, 4) is 11.5 Å². The number of rotatable bonds is 7. The molecule has 0 saturated heterocycles. The van der Waals surface area contributed by atoms with Gasteiger partial charge in [0.1, 0.15) is 11.5 Å². The molecule has 0 bridgehead atoms. The molecule has 134 valence electrons. The first kappa shape index (κ1) is 18.6. The number of carbonyl (C=O) groups is 1. The van der Waals surface area contributed by atoms with Gasteiger partial charge in [-0.25, -0.2) is 0 Å². The monoisotopic (exact) mass is 334 g/mol. The second-order valence-electron chi connectivity index (χ2n) is 6.79.